The molecule has 8 heteroatoms. The van der Waals surface area contributed by atoms with E-state index in [1.165, 1.54) is 18.4 Å². The zero-order valence-electron chi connectivity index (χ0n) is 14.9. The fraction of sp³-hybridized carbons (Fsp3) is 0.647. The van der Waals surface area contributed by atoms with Gasteiger partial charge in [-0.1, -0.05) is 13.0 Å². The average Bonchev–Trinajstić information content (AvgIpc) is 3.08. The van der Waals surface area contributed by atoms with E-state index >= 15 is 0 Å². The molecule has 1 fully saturated rings. The standard InChI is InChI=1S/C17H27N3O4S/c1-4-8-18-16(22)20-9-7-17(2,23)15(19-13(21)11-24-3)14(20)12-6-5-10-25-12/h5-6,10,14-15,23H,4,7-9,11H2,1-3H3,(H,18,22)(H,19,21)/t14-,15-,17+/m0/s1. The van der Waals surface area contributed by atoms with Gasteiger partial charge in [-0.25, -0.2) is 4.79 Å². The summed E-state index contributed by atoms with van der Waals surface area (Å²) in [5.74, 6) is -0.315. The van der Waals surface area contributed by atoms with Gasteiger partial charge in [-0.2, -0.15) is 0 Å². The molecule has 0 aliphatic carbocycles. The van der Waals surface area contributed by atoms with E-state index in [1.54, 1.807) is 11.8 Å². The first-order valence-electron chi connectivity index (χ1n) is 8.49. The van der Waals surface area contributed by atoms with Gasteiger partial charge in [-0.05, 0) is 31.2 Å². The third-order valence-corrected chi connectivity index (χ3v) is 5.34. The summed E-state index contributed by atoms with van der Waals surface area (Å²) in [6.07, 6.45) is 1.22. The van der Waals surface area contributed by atoms with Crippen molar-refractivity contribution in [3.63, 3.8) is 0 Å². The van der Waals surface area contributed by atoms with Gasteiger partial charge in [0.05, 0.1) is 17.7 Å². The number of likely N-dealkylation sites (tertiary alicyclic amines) is 1. The lowest BCUT2D eigenvalue weighted by atomic mass is 9.82. The molecule has 1 aromatic heterocycles. The second kappa shape index (κ2) is 8.64. The molecule has 1 aliphatic rings. The van der Waals surface area contributed by atoms with E-state index in [2.05, 4.69) is 10.6 Å². The molecule has 0 saturated carbocycles. The number of rotatable bonds is 6. The number of hydrogen-bond acceptors (Lipinski definition) is 5. The predicted molar refractivity (Wildman–Crippen MR) is 96.5 cm³/mol. The Hall–Kier alpha value is -1.64. The molecule has 3 amide bonds. The molecule has 2 rings (SSSR count). The van der Waals surface area contributed by atoms with Crippen molar-refractivity contribution in [3.05, 3.63) is 22.4 Å². The number of aliphatic hydroxyl groups is 1. The first kappa shape index (κ1) is 19.7. The summed E-state index contributed by atoms with van der Waals surface area (Å²) in [6.45, 7) is 4.61. The monoisotopic (exact) mass is 369 g/mol. The number of urea groups is 1. The summed E-state index contributed by atoms with van der Waals surface area (Å²) >= 11 is 1.50. The van der Waals surface area contributed by atoms with Gasteiger partial charge in [0.25, 0.3) is 0 Å². The maximum absolute atomic E-state index is 12.6. The number of nitrogens with zero attached hydrogens (tertiary/aromatic N) is 1. The van der Waals surface area contributed by atoms with Crippen LogP contribution < -0.4 is 10.6 Å². The molecule has 2 heterocycles. The Balaban J connectivity index is 2.32. The number of piperidine rings is 1. The van der Waals surface area contributed by atoms with E-state index in [0.29, 0.717) is 19.5 Å². The summed E-state index contributed by atoms with van der Waals surface area (Å²) in [5, 5.41) is 18.6. The number of thiophene rings is 1. The van der Waals surface area contributed by atoms with E-state index in [9.17, 15) is 14.7 Å². The lowest BCUT2D eigenvalue weighted by Gasteiger charge is -2.48. The normalized spacial score (nSPS) is 26.3. The summed E-state index contributed by atoms with van der Waals surface area (Å²) in [7, 11) is 1.44. The number of carbonyl (C=O) groups is 2. The minimum atomic E-state index is -1.13. The van der Waals surface area contributed by atoms with Gasteiger partial charge < -0.3 is 25.4 Å². The van der Waals surface area contributed by atoms with Crippen LogP contribution in [-0.2, 0) is 9.53 Å². The maximum Gasteiger partial charge on any atom is 0.318 e. The van der Waals surface area contributed by atoms with E-state index < -0.39 is 17.7 Å². The summed E-state index contributed by atoms with van der Waals surface area (Å²) in [5.41, 5.74) is -1.13. The maximum atomic E-state index is 12.6. The van der Waals surface area contributed by atoms with Crippen molar-refractivity contribution < 1.29 is 19.4 Å². The summed E-state index contributed by atoms with van der Waals surface area (Å²) < 4.78 is 4.88. The highest BCUT2D eigenvalue weighted by molar-refractivity contribution is 7.10. The number of ether oxygens (including phenoxy) is 1. The third-order valence-electron chi connectivity index (χ3n) is 4.39. The Kier molecular flexibility index (Phi) is 6.80. The smallest absolute Gasteiger partial charge is 0.318 e. The third kappa shape index (κ3) is 4.71. The summed E-state index contributed by atoms with van der Waals surface area (Å²) in [6, 6.07) is 2.60. The van der Waals surface area contributed by atoms with Crippen molar-refractivity contribution >= 4 is 23.3 Å². The van der Waals surface area contributed by atoms with Crippen LogP contribution in [0.2, 0.25) is 0 Å². The van der Waals surface area contributed by atoms with E-state index in [1.807, 2.05) is 24.4 Å². The van der Waals surface area contributed by atoms with Crippen LogP contribution in [-0.4, -0.2) is 60.4 Å². The highest BCUT2D eigenvalue weighted by Crippen LogP contribution is 2.38. The lowest BCUT2D eigenvalue weighted by molar-refractivity contribution is -0.130. The van der Waals surface area contributed by atoms with Crippen molar-refractivity contribution in [3.8, 4) is 0 Å². The molecule has 0 unspecified atom stereocenters. The molecule has 7 nitrogen and oxygen atoms in total. The Bertz CT molecular complexity index is 576. The van der Waals surface area contributed by atoms with Crippen LogP contribution in [0.3, 0.4) is 0 Å². The molecule has 0 radical (unpaired) electrons. The van der Waals surface area contributed by atoms with E-state index in [4.69, 9.17) is 4.74 Å². The van der Waals surface area contributed by atoms with Crippen molar-refractivity contribution in [1.29, 1.82) is 0 Å². The molecule has 1 aliphatic heterocycles. The fourth-order valence-corrected chi connectivity index (χ4v) is 3.95. The SMILES string of the molecule is CCCNC(=O)N1CC[C@@](C)(O)[C@@H](NC(=O)COC)[C@@H]1c1cccs1. The number of carbonyl (C=O) groups excluding carboxylic acids is 2. The highest BCUT2D eigenvalue weighted by Gasteiger charge is 2.48. The van der Waals surface area contributed by atoms with Crippen molar-refractivity contribution in [2.24, 2.45) is 0 Å². The van der Waals surface area contributed by atoms with Crippen molar-refractivity contribution in [2.45, 2.75) is 44.4 Å². The Morgan fingerprint density at radius 1 is 1.52 bits per heavy atom. The zero-order valence-corrected chi connectivity index (χ0v) is 15.8. The minimum Gasteiger partial charge on any atom is -0.388 e. The molecular weight excluding hydrogens is 342 g/mol. The molecule has 25 heavy (non-hydrogen) atoms. The largest absolute Gasteiger partial charge is 0.388 e. The van der Waals surface area contributed by atoms with Crippen LogP contribution in [0, 0.1) is 0 Å². The highest BCUT2D eigenvalue weighted by atomic mass is 32.1. The Morgan fingerprint density at radius 3 is 2.88 bits per heavy atom. The topological polar surface area (TPSA) is 90.9 Å². The summed E-state index contributed by atoms with van der Waals surface area (Å²) in [4.78, 5) is 27.4. The average molecular weight is 369 g/mol. The first-order chi connectivity index (χ1) is 11.9. The molecule has 140 valence electrons. The Morgan fingerprint density at radius 2 is 2.28 bits per heavy atom. The van der Waals surface area contributed by atoms with Gasteiger partial charge in [0, 0.05) is 25.1 Å². The van der Waals surface area contributed by atoms with Crippen LogP contribution in [0.25, 0.3) is 0 Å². The predicted octanol–water partition coefficient (Wildman–Crippen LogP) is 1.50. The van der Waals surface area contributed by atoms with Crippen LogP contribution in [0.1, 0.15) is 37.6 Å². The first-order valence-corrected chi connectivity index (χ1v) is 9.37. The molecular formula is C17H27N3O4S. The van der Waals surface area contributed by atoms with Gasteiger partial charge >= 0.3 is 6.03 Å². The molecule has 3 atom stereocenters. The van der Waals surface area contributed by atoms with Crippen molar-refractivity contribution in [2.75, 3.05) is 26.8 Å². The minimum absolute atomic E-state index is 0.0915. The number of methoxy groups -OCH3 is 1. The molecule has 0 spiro atoms. The van der Waals surface area contributed by atoms with Gasteiger partial charge in [0.2, 0.25) is 5.91 Å². The Labute approximate surface area is 152 Å². The molecule has 0 bridgehead atoms. The van der Waals surface area contributed by atoms with Gasteiger partial charge in [-0.3, -0.25) is 4.79 Å². The molecule has 3 N–H and O–H groups in total. The number of amides is 3. The van der Waals surface area contributed by atoms with Crippen LogP contribution >= 0.6 is 11.3 Å². The molecule has 1 aromatic rings. The van der Waals surface area contributed by atoms with Gasteiger partial charge in [-0.15, -0.1) is 11.3 Å². The number of hydrogen-bond donors (Lipinski definition) is 3. The molecule has 1 saturated heterocycles. The van der Waals surface area contributed by atoms with Crippen LogP contribution in [0.5, 0.6) is 0 Å². The quantitative estimate of drug-likeness (QED) is 0.709. The second-order valence-corrected chi connectivity index (χ2v) is 7.45. The molecule has 0 aromatic carbocycles. The van der Waals surface area contributed by atoms with Gasteiger partial charge in [0.1, 0.15) is 6.61 Å². The zero-order chi connectivity index (χ0) is 18.4. The van der Waals surface area contributed by atoms with E-state index in [-0.39, 0.29) is 18.5 Å². The van der Waals surface area contributed by atoms with Crippen LogP contribution in [0.4, 0.5) is 4.79 Å². The lowest BCUT2D eigenvalue weighted by Crippen LogP contribution is -2.64. The van der Waals surface area contributed by atoms with Crippen molar-refractivity contribution in [1.82, 2.24) is 15.5 Å². The van der Waals surface area contributed by atoms with E-state index in [0.717, 1.165) is 11.3 Å². The second-order valence-electron chi connectivity index (χ2n) is 6.47. The fourth-order valence-electron chi connectivity index (χ4n) is 3.08. The van der Waals surface area contributed by atoms with Crippen LogP contribution in [0.15, 0.2) is 17.5 Å². The van der Waals surface area contributed by atoms with Gasteiger partial charge in [0.15, 0.2) is 0 Å². The number of nitrogens with one attached hydrogen (secondary N) is 2.